The van der Waals surface area contributed by atoms with Crippen molar-refractivity contribution in [3.05, 3.63) is 34.4 Å². The minimum Gasteiger partial charge on any atom is -0.357 e. The highest BCUT2D eigenvalue weighted by atomic mass is 35.5. The van der Waals surface area contributed by atoms with Gasteiger partial charge in [-0.3, -0.25) is 5.10 Å². The predicted molar refractivity (Wildman–Crippen MR) is 76.7 cm³/mol. The van der Waals surface area contributed by atoms with Crippen molar-refractivity contribution >= 4 is 40.2 Å². The zero-order chi connectivity index (χ0) is 13.4. The predicted octanol–water partition coefficient (Wildman–Crippen LogP) is 3.37. The van der Waals surface area contributed by atoms with E-state index in [-0.39, 0.29) is 0 Å². The van der Waals surface area contributed by atoms with Crippen LogP contribution < -0.4 is 5.32 Å². The molecule has 19 heavy (non-hydrogen) atoms. The van der Waals surface area contributed by atoms with Gasteiger partial charge >= 0.3 is 0 Å². The van der Waals surface area contributed by atoms with E-state index in [0.29, 0.717) is 27.3 Å². The zero-order valence-electron chi connectivity index (χ0n) is 9.91. The first kappa shape index (κ1) is 12.2. The molecule has 0 radical (unpaired) electrons. The maximum Gasteiger partial charge on any atom is 0.225 e. The Bertz CT molecular complexity index is 753. The topological polar surface area (TPSA) is 66.5 Å². The molecular weight excluding hydrogens is 285 g/mol. The van der Waals surface area contributed by atoms with Crippen LogP contribution in [0.1, 0.15) is 0 Å². The third-order valence-corrected chi connectivity index (χ3v) is 3.27. The highest BCUT2D eigenvalue weighted by molar-refractivity contribution is 6.36. The summed E-state index contributed by atoms with van der Waals surface area (Å²) in [5.74, 6) is 0.498. The zero-order valence-corrected chi connectivity index (χ0v) is 11.4. The number of H-pyrrole nitrogens is 1. The molecule has 5 nitrogen and oxygen atoms in total. The molecule has 2 N–H and O–H groups in total. The molecule has 0 unspecified atom stereocenters. The molecule has 2 heterocycles. The Hall–Kier alpha value is -1.85. The van der Waals surface area contributed by atoms with Gasteiger partial charge in [0, 0.05) is 17.6 Å². The van der Waals surface area contributed by atoms with E-state index < -0.39 is 0 Å². The van der Waals surface area contributed by atoms with Crippen molar-refractivity contribution in [3.8, 4) is 11.3 Å². The number of nitrogens with one attached hydrogen (secondary N) is 2. The molecule has 96 valence electrons. The van der Waals surface area contributed by atoms with Crippen LogP contribution in [0.3, 0.4) is 0 Å². The van der Waals surface area contributed by atoms with Crippen LogP contribution in [0.2, 0.25) is 10.0 Å². The second-order valence-electron chi connectivity index (χ2n) is 3.90. The van der Waals surface area contributed by atoms with Crippen LogP contribution in [0.25, 0.3) is 22.3 Å². The summed E-state index contributed by atoms with van der Waals surface area (Å²) >= 11 is 12.1. The molecular formula is C12H9Cl2N5. The molecule has 3 rings (SSSR count). The summed E-state index contributed by atoms with van der Waals surface area (Å²) in [4.78, 5) is 8.72. The SMILES string of the molecule is CNc1nc(-c2ccc(Cl)cc2Cl)c2cn[nH]c2n1. The number of halogens is 2. The van der Waals surface area contributed by atoms with E-state index >= 15 is 0 Å². The first-order valence-corrected chi connectivity index (χ1v) is 6.29. The number of fused-ring (bicyclic) bond motifs is 1. The summed E-state index contributed by atoms with van der Waals surface area (Å²) in [6.45, 7) is 0. The molecule has 0 saturated heterocycles. The second-order valence-corrected chi connectivity index (χ2v) is 4.75. The molecule has 0 aliphatic heterocycles. The number of benzene rings is 1. The van der Waals surface area contributed by atoms with Gasteiger partial charge in [0.1, 0.15) is 0 Å². The maximum absolute atomic E-state index is 6.23. The minimum atomic E-state index is 0.498. The van der Waals surface area contributed by atoms with Crippen molar-refractivity contribution in [3.63, 3.8) is 0 Å². The number of anilines is 1. The van der Waals surface area contributed by atoms with Crippen molar-refractivity contribution in [1.82, 2.24) is 20.2 Å². The van der Waals surface area contributed by atoms with Crippen LogP contribution in [0.15, 0.2) is 24.4 Å². The van der Waals surface area contributed by atoms with Gasteiger partial charge < -0.3 is 5.32 Å². The van der Waals surface area contributed by atoms with Gasteiger partial charge in [-0.25, -0.2) is 4.98 Å². The summed E-state index contributed by atoms with van der Waals surface area (Å²) in [5.41, 5.74) is 2.15. The Labute approximate surface area is 119 Å². The monoisotopic (exact) mass is 293 g/mol. The van der Waals surface area contributed by atoms with Crippen LogP contribution in [-0.2, 0) is 0 Å². The number of aromatic nitrogens is 4. The van der Waals surface area contributed by atoms with E-state index in [1.807, 2.05) is 6.07 Å². The molecule has 0 bridgehead atoms. The number of rotatable bonds is 2. The smallest absolute Gasteiger partial charge is 0.225 e. The summed E-state index contributed by atoms with van der Waals surface area (Å²) in [6, 6.07) is 5.29. The molecule has 0 aliphatic carbocycles. The number of nitrogens with zero attached hydrogens (tertiary/aromatic N) is 3. The van der Waals surface area contributed by atoms with Gasteiger partial charge in [-0.2, -0.15) is 10.1 Å². The van der Waals surface area contributed by atoms with E-state index in [1.165, 1.54) is 0 Å². The highest BCUT2D eigenvalue weighted by Gasteiger charge is 2.13. The Morgan fingerprint density at radius 2 is 2.05 bits per heavy atom. The molecule has 0 fully saturated rings. The Morgan fingerprint density at radius 3 is 2.79 bits per heavy atom. The van der Waals surface area contributed by atoms with E-state index in [9.17, 15) is 0 Å². The van der Waals surface area contributed by atoms with E-state index in [1.54, 1.807) is 25.4 Å². The largest absolute Gasteiger partial charge is 0.357 e. The highest BCUT2D eigenvalue weighted by Crippen LogP contribution is 2.33. The Balaban J connectivity index is 2.31. The van der Waals surface area contributed by atoms with Gasteiger partial charge in [0.2, 0.25) is 5.95 Å². The standard InChI is InChI=1S/C12H9Cl2N5/c1-15-12-17-10(8-5-16-19-11(8)18-12)7-3-2-6(13)4-9(7)14/h2-5H,1H3,(H2,15,16,17,18,19). The van der Waals surface area contributed by atoms with Crippen LogP contribution in [0.5, 0.6) is 0 Å². The lowest BCUT2D eigenvalue weighted by Crippen LogP contribution is -1.98. The van der Waals surface area contributed by atoms with Crippen molar-refractivity contribution in [2.75, 3.05) is 12.4 Å². The third-order valence-electron chi connectivity index (χ3n) is 2.72. The molecule has 2 aromatic heterocycles. The fraction of sp³-hybridized carbons (Fsp3) is 0.0833. The van der Waals surface area contributed by atoms with Crippen LogP contribution in [0, 0.1) is 0 Å². The van der Waals surface area contributed by atoms with E-state index in [4.69, 9.17) is 23.2 Å². The van der Waals surface area contributed by atoms with Crippen LogP contribution >= 0.6 is 23.2 Å². The van der Waals surface area contributed by atoms with Gasteiger partial charge in [0.05, 0.1) is 22.3 Å². The molecule has 0 spiro atoms. The van der Waals surface area contributed by atoms with Crippen LogP contribution in [-0.4, -0.2) is 27.2 Å². The molecule has 0 atom stereocenters. The lowest BCUT2D eigenvalue weighted by atomic mass is 10.1. The molecule has 7 heteroatoms. The molecule has 0 saturated carbocycles. The average molecular weight is 294 g/mol. The van der Waals surface area contributed by atoms with Gasteiger partial charge in [0.15, 0.2) is 5.65 Å². The van der Waals surface area contributed by atoms with Gasteiger partial charge in [-0.1, -0.05) is 23.2 Å². The third kappa shape index (κ3) is 2.11. The number of hydrogen-bond acceptors (Lipinski definition) is 4. The summed E-state index contributed by atoms with van der Waals surface area (Å²) in [7, 11) is 1.75. The van der Waals surface area contributed by atoms with Gasteiger partial charge in [-0.15, -0.1) is 0 Å². The molecule has 1 aromatic carbocycles. The normalized spacial score (nSPS) is 10.9. The van der Waals surface area contributed by atoms with Crippen LogP contribution in [0.4, 0.5) is 5.95 Å². The van der Waals surface area contributed by atoms with Crippen molar-refractivity contribution in [1.29, 1.82) is 0 Å². The lowest BCUT2D eigenvalue weighted by Gasteiger charge is -2.07. The quantitative estimate of drug-likeness (QED) is 0.760. The molecule has 0 amide bonds. The van der Waals surface area contributed by atoms with Gasteiger partial charge in [-0.05, 0) is 18.2 Å². The Kier molecular flexibility index (Phi) is 3.00. The van der Waals surface area contributed by atoms with Crippen molar-refractivity contribution < 1.29 is 0 Å². The Morgan fingerprint density at radius 1 is 1.21 bits per heavy atom. The first-order valence-electron chi connectivity index (χ1n) is 5.53. The van der Waals surface area contributed by atoms with E-state index in [2.05, 4.69) is 25.5 Å². The first-order chi connectivity index (χ1) is 9.19. The summed E-state index contributed by atoms with van der Waals surface area (Å²) in [5, 5.41) is 11.7. The maximum atomic E-state index is 6.23. The minimum absolute atomic E-state index is 0.498. The van der Waals surface area contributed by atoms with Crippen molar-refractivity contribution in [2.24, 2.45) is 0 Å². The summed E-state index contributed by atoms with van der Waals surface area (Å²) in [6.07, 6.45) is 1.68. The van der Waals surface area contributed by atoms with Crippen molar-refractivity contribution in [2.45, 2.75) is 0 Å². The second kappa shape index (κ2) is 4.68. The summed E-state index contributed by atoms with van der Waals surface area (Å²) < 4.78 is 0. The average Bonchev–Trinajstić information content (AvgIpc) is 2.86. The van der Waals surface area contributed by atoms with E-state index in [0.717, 1.165) is 10.9 Å². The molecule has 0 aliphatic rings. The lowest BCUT2D eigenvalue weighted by molar-refractivity contribution is 1.09. The fourth-order valence-corrected chi connectivity index (χ4v) is 2.33. The molecule has 3 aromatic rings. The number of aromatic amines is 1. The number of hydrogen-bond donors (Lipinski definition) is 2. The van der Waals surface area contributed by atoms with Gasteiger partial charge in [0.25, 0.3) is 0 Å². The fourth-order valence-electron chi connectivity index (χ4n) is 1.83.